The number of likely N-dealkylation sites (tertiary alicyclic amines) is 2. The normalized spacial score (nSPS) is 21.8. The van der Waals surface area contributed by atoms with Crippen LogP contribution in [0.5, 0.6) is 0 Å². The summed E-state index contributed by atoms with van der Waals surface area (Å²) in [5.74, 6) is -0.826. The summed E-state index contributed by atoms with van der Waals surface area (Å²) >= 11 is 0. The molecule has 2 heterocycles. The lowest BCUT2D eigenvalue weighted by Gasteiger charge is -2.30. The van der Waals surface area contributed by atoms with Crippen molar-refractivity contribution in [1.82, 2.24) is 15.1 Å². The van der Waals surface area contributed by atoms with Crippen molar-refractivity contribution in [2.45, 2.75) is 71.1 Å². The number of nitrogens with two attached hydrogens (primary N) is 1. The van der Waals surface area contributed by atoms with Crippen LogP contribution < -0.4 is 16.0 Å². The van der Waals surface area contributed by atoms with Crippen LogP contribution in [0.3, 0.4) is 0 Å². The highest BCUT2D eigenvalue weighted by Crippen LogP contribution is 2.31. The molecule has 2 saturated heterocycles. The molecule has 0 saturated carbocycles. The zero-order valence-corrected chi connectivity index (χ0v) is 22.4. The van der Waals surface area contributed by atoms with Gasteiger partial charge in [-0.05, 0) is 48.9 Å². The Morgan fingerprint density at radius 1 is 1.08 bits per heavy atom. The van der Waals surface area contributed by atoms with Gasteiger partial charge >= 0.3 is 0 Å². The van der Waals surface area contributed by atoms with Crippen LogP contribution in [0.15, 0.2) is 24.3 Å². The molecule has 2 aliphatic heterocycles. The van der Waals surface area contributed by atoms with Gasteiger partial charge in [0.05, 0.1) is 18.6 Å². The van der Waals surface area contributed by atoms with Crippen LogP contribution in [-0.2, 0) is 14.4 Å². The van der Waals surface area contributed by atoms with Crippen LogP contribution >= 0.6 is 0 Å². The van der Waals surface area contributed by atoms with E-state index in [4.69, 9.17) is 5.73 Å². The molecule has 0 bridgehead atoms. The minimum atomic E-state index is -0.760. The number of hydrogen-bond acceptors (Lipinski definition) is 6. The lowest BCUT2D eigenvalue weighted by molar-refractivity contribution is -0.138. The molecule has 0 aliphatic carbocycles. The number of nitrogens with one attached hydrogen (secondary N) is 1. The van der Waals surface area contributed by atoms with Crippen molar-refractivity contribution < 1.29 is 19.2 Å². The maximum absolute atomic E-state index is 13.7. The van der Waals surface area contributed by atoms with Gasteiger partial charge in [0, 0.05) is 31.9 Å². The third-order valence-electron chi connectivity index (χ3n) is 7.49. The first-order valence-corrected chi connectivity index (χ1v) is 12.9. The molecule has 2 aliphatic rings. The first kappa shape index (κ1) is 27.6. The SMILES string of the molecule is CCC(C)C(N)C(=O)N1CC(=O)C2C1CCN2C(=O)C(CC(C)C)NC(=O)c1ccc(N(C)C)cc1. The van der Waals surface area contributed by atoms with Crippen molar-refractivity contribution in [3.05, 3.63) is 29.8 Å². The molecule has 0 radical (unpaired) electrons. The third-order valence-corrected chi connectivity index (χ3v) is 7.49. The van der Waals surface area contributed by atoms with Gasteiger partial charge in [0.25, 0.3) is 5.91 Å². The first-order chi connectivity index (χ1) is 17.0. The van der Waals surface area contributed by atoms with Crippen molar-refractivity contribution in [2.24, 2.45) is 17.6 Å². The van der Waals surface area contributed by atoms with Gasteiger partial charge < -0.3 is 25.8 Å². The molecular formula is C27H41N5O4. The summed E-state index contributed by atoms with van der Waals surface area (Å²) in [5, 5.41) is 2.90. The average molecular weight is 500 g/mol. The van der Waals surface area contributed by atoms with Crippen LogP contribution in [0.1, 0.15) is 57.3 Å². The number of carbonyl (C=O) groups is 4. The van der Waals surface area contributed by atoms with E-state index in [1.54, 1.807) is 21.9 Å². The maximum atomic E-state index is 13.7. The Balaban J connectivity index is 1.75. The van der Waals surface area contributed by atoms with E-state index >= 15 is 0 Å². The van der Waals surface area contributed by atoms with Gasteiger partial charge in [0.15, 0.2) is 5.78 Å². The molecule has 3 rings (SSSR count). The standard InChI is InChI=1S/C27H41N5O4/c1-7-17(4)23(28)27(36)32-15-22(33)24-21(32)12-13-31(24)26(35)20(14-16(2)3)29-25(34)18-8-10-19(11-9-18)30(5)6/h8-11,16-17,20-21,23-24H,7,12-15,28H2,1-6H3,(H,29,34). The molecule has 1 aromatic rings. The summed E-state index contributed by atoms with van der Waals surface area (Å²) in [5.41, 5.74) is 7.62. The number of hydrogen-bond donors (Lipinski definition) is 2. The van der Waals surface area contributed by atoms with Gasteiger partial charge in [-0.1, -0.05) is 34.1 Å². The van der Waals surface area contributed by atoms with E-state index in [1.807, 2.05) is 58.8 Å². The Hall–Kier alpha value is -2.94. The highest BCUT2D eigenvalue weighted by molar-refractivity contribution is 6.01. The van der Waals surface area contributed by atoms with Crippen LogP contribution in [-0.4, -0.2) is 84.7 Å². The molecule has 5 atom stereocenters. The zero-order chi connectivity index (χ0) is 26.7. The van der Waals surface area contributed by atoms with Crippen molar-refractivity contribution >= 4 is 29.2 Å². The second kappa shape index (κ2) is 11.4. The summed E-state index contributed by atoms with van der Waals surface area (Å²) in [6, 6.07) is 4.70. The molecule has 0 aromatic heterocycles. The van der Waals surface area contributed by atoms with Crippen LogP contribution in [0, 0.1) is 11.8 Å². The molecule has 9 nitrogen and oxygen atoms in total. The van der Waals surface area contributed by atoms with Gasteiger partial charge in [0.2, 0.25) is 11.8 Å². The summed E-state index contributed by atoms with van der Waals surface area (Å²) in [6.07, 6.45) is 1.74. The molecule has 2 fully saturated rings. The number of fused-ring (bicyclic) bond motifs is 1. The predicted molar refractivity (Wildman–Crippen MR) is 140 cm³/mol. The number of nitrogens with zero attached hydrogens (tertiary/aromatic N) is 3. The lowest BCUT2D eigenvalue weighted by Crippen LogP contribution is -2.53. The molecule has 198 valence electrons. The number of anilines is 1. The van der Waals surface area contributed by atoms with E-state index in [0.717, 1.165) is 12.1 Å². The number of Topliss-reactive ketones (excluding diaryl/α,β-unsaturated/α-hetero) is 1. The minimum Gasteiger partial charge on any atom is -0.378 e. The zero-order valence-electron chi connectivity index (χ0n) is 22.4. The van der Waals surface area contributed by atoms with Crippen molar-refractivity contribution in [3.63, 3.8) is 0 Å². The third kappa shape index (κ3) is 5.72. The summed E-state index contributed by atoms with van der Waals surface area (Å²) in [6.45, 7) is 8.22. The van der Waals surface area contributed by atoms with E-state index in [2.05, 4.69) is 5.32 Å². The second-order valence-corrected chi connectivity index (χ2v) is 10.8. The van der Waals surface area contributed by atoms with Crippen molar-refractivity contribution in [1.29, 1.82) is 0 Å². The largest absolute Gasteiger partial charge is 0.378 e. The summed E-state index contributed by atoms with van der Waals surface area (Å²) in [7, 11) is 3.85. The van der Waals surface area contributed by atoms with E-state index in [1.165, 1.54) is 0 Å². The van der Waals surface area contributed by atoms with E-state index in [0.29, 0.717) is 24.9 Å². The highest BCUT2D eigenvalue weighted by Gasteiger charge is 2.52. The number of benzene rings is 1. The van der Waals surface area contributed by atoms with Gasteiger partial charge in [-0.2, -0.15) is 0 Å². The number of rotatable bonds is 9. The van der Waals surface area contributed by atoms with Gasteiger partial charge in [-0.15, -0.1) is 0 Å². The Morgan fingerprint density at radius 2 is 1.72 bits per heavy atom. The Bertz CT molecular complexity index is 977. The molecular weight excluding hydrogens is 458 g/mol. The van der Waals surface area contributed by atoms with Crippen molar-refractivity contribution in [2.75, 3.05) is 32.1 Å². The second-order valence-electron chi connectivity index (χ2n) is 10.8. The van der Waals surface area contributed by atoms with Gasteiger partial charge in [-0.3, -0.25) is 19.2 Å². The van der Waals surface area contributed by atoms with Crippen LogP contribution in [0.2, 0.25) is 0 Å². The van der Waals surface area contributed by atoms with E-state index in [9.17, 15) is 19.2 Å². The van der Waals surface area contributed by atoms with Gasteiger partial charge in [0.1, 0.15) is 12.1 Å². The lowest BCUT2D eigenvalue weighted by atomic mass is 9.98. The molecule has 5 unspecified atom stereocenters. The van der Waals surface area contributed by atoms with Gasteiger partial charge in [-0.25, -0.2) is 0 Å². The fourth-order valence-corrected chi connectivity index (χ4v) is 5.09. The number of ketones is 1. The van der Waals surface area contributed by atoms with Crippen molar-refractivity contribution in [3.8, 4) is 0 Å². The van der Waals surface area contributed by atoms with Crippen LogP contribution in [0.4, 0.5) is 5.69 Å². The Morgan fingerprint density at radius 3 is 2.28 bits per heavy atom. The average Bonchev–Trinajstić information content (AvgIpc) is 3.42. The number of amides is 3. The number of carbonyl (C=O) groups excluding carboxylic acids is 4. The maximum Gasteiger partial charge on any atom is 0.251 e. The molecule has 9 heteroatoms. The minimum absolute atomic E-state index is 0.00298. The fourth-order valence-electron chi connectivity index (χ4n) is 5.09. The van der Waals surface area contributed by atoms with E-state index in [-0.39, 0.29) is 47.9 Å². The molecule has 3 N–H and O–H groups in total. The Kier molecular flexibility index (Phi) is 8.76. The molecule has 0 spiro atoms. The summed E-state index contributed by atoms with van der Waals surface area (Å²) < 4.78 is 0. The topological polar surface area (TPSA) is 116 Å². The quantitative estimate of drug-likeness (QED) is 0.534. The first-order valence-electron chi connectivity index (χ1n) is 12.9. The molecule has 3 amide bonds. The molecule has 1 aromatic carbocycles. The predicted octanol–water partition coefficient (Wildman–Crippen LogP) is 1.65. The Labute approximate surface area is 214 Å². The van der Waals surface area contributed by atoms with Crippen LogP contribution in [0.25, 0.3) is 0 Å². The van der Waals surface area contributed by atoms with E-state index < -0.39 is 18.1 Å². The smallest absolute Gasteiger partial charge is 0.251 e. The monoisotopic (exact) mass is 499 g/mol. The fraction of sp³-hybridized carbons (Fsp3) is 0.630. The molecule has 36 heavy (non-hydrogen) atoms. The summed E-state index contributed by atoms with van der Waals surface area (Å²) in [4.78, 5) is 57.8. The highest BCUT2D eigenvalue weighted by atomic mass is 16.2.